The minimum atomic E-state index is -4.30. The van der Waals surface area contributed by atoms with Gasteiger partial charge in [-0.25, -0.2) is 0 Å². The summed E-state index contributed by atoms with van der Waals surface area (Å²) < 4.78 is 40.3. The quantitative estimate of drug-likeness (QED) is 0.712. The molecule has 0 aliphatic rings. The molecule has 0 aromatic carbocycles. The number of amides is 1. The van der Waals surface area contributed by atoms with Crippen molar-refractivity contribution in [2.45, 2.75) is 26.1 Å². The third-order valence-corrected chi connectivity index (χ3v) is 2.11. The van der Waals surface area contributed by atoms with E-state index in [9.17, 15) is 18.0 Å². The lowest BCUT2D eigenvalue weighted by Gasteiger charge is -2.21. The summed E-state index contributed by atoms with van der Waals surface area (Å²) in [7, 11) is 1.50. The zero-order valence-corrected chi connectivity index (χ0v) is 10.2. The van der Waals surface area contributed by atoms with Gasteiger partial charge in [-0.2, -0.15) is 13.2 Å². The molecule has 0 saturated heterocycles. The SMILES string of the molecule is COCC(NC(=O)CNCC(F)(F)F)C(C)C. The van der Waals surface area contributed by atoms with E-state index in [1.807, 2.05) is 19.2 Å². The van der Waals surface area contributed by atoms with Gasteiger partial charge in [0.15, 0.2) is 0 Å². The minimum absolute atomic E-state index is 0.154. The molecule has 0 spiro atoms. The lowest BCUT2D eigenvalue weighted by molar-refractivity contribution is -0.129. The van der Waals surface area contributed by atoms with Crippen LogP contribution in [0, 0.1) is 5.92 Å². The molecule has 0 heterocycles. The molecule has 4 nitrogen and oxygen atoms in total. The predicted octanol–water partition coefficient (Wildman–Crippen LogP) is 0.925. The van der Waals surface area contributed by atoms with Crippen LogP contribution in [0.25, 0.3) is 0 Å². The summed E-state index contributed by atoms with van der Waals surface area (Å²) in [5, 5.41) is 4.64. The maximum atomic E-state index is 11.8. The lowest BCUT2D eigenvalue weighted by atomic mass is 10.1. The second kappa shape index (κ2) is 7.50. The second-order valence-electron chi connectivity index (χ2n) is 4.09. The first-order valence-corrected chi connectivity index (χ1v) is 5.32. The number of nitrogens with one attached hydrogen (secondary N) is 2. The molecule has 7 heteroatoms. The van der Waals surface area contributed by atoms with E-state index < -0.39 is 18.6 Å². The van der Waals surface area contributed by atoms with Crippen LogP contribution in [-0.4, -0.2) is 44.9 Å². The standard InChI is InChI=1S/C10H19F3N2O2/c1-7(2)8(5-17-3)15-9(16)4-14-6-10(11,12)13/h7-8,14H,4-6H2,1-3H3,(H,15,16). The number of methoxy groups -OCH3 is 1. The van der Waals surface area contributed by atoms with Crippen LogP contribution in [0.2, 0.25) is 0 Å². The number of alkyl halides is 3. The highest BCUT2D eigenvalue weighted by Gasteiger charge is 2.26. The molecule has 0 aliphatic carbocycles. The Morgan fingerprint density at radius 2 is 1.94 bits per heavy atom. The highest BCUT2D eigenvalue weighted by atomic mass is 19.4. The van der Waals surface area contributed by atoms with Gasteiger partial charge in [0.05, 0.1) is 25.7 Å². The fourth-order valence-electron chi connectivity index (χ4n) is 1.16. The van der Waals surface area contributed by atoms with E-state index in [0.717, 1.165) is 0 Å². The Labute approximate surface area is 98.9 Å². The van der Waals surface area contributed by atoms with Gasteiger partial charge in [-0.3, -0.25) is 4.79 Å². The van der Waals surface area contributed by atoms with Crippen LogP contribution in [0.5, 0.6) is 0 Å². The molecule has 0 bridgehead atoms. The largest absolute Gasteiger partial charge is 0.401 e. The van der Waals surface area contributed by atoms with Crippen LogP contribution in [-0.2, 0) is 9.53 Å². The van der Waals surface area contributed by atoms with Gasteiger partial charge in [0, 0.05) is 7.11 Å². The van der Waals surface area contributed by atoms with Crippen molar-refractivity contribution in [1.29, 1.82) is 0 Å². The third kappa shape index (κ3) is 8.93. The molecule has 0 fully saturated rings. The van der Waals surface area contributed by atoms with Crippen LogP contribution < -0.4 is 10.6 Å². The summed E-state index contributed by atoms with van der Waals surface area (Å²) in [5.41, 5.74) is 0. The molecule has 102 valence electrons. The average molecular weight is 256 g/mol. The number of hydrogen-bond acceptors (Lipinski definition) is 3. The van der Waals surface area contributed by atoms with Crippen molar-refractivity contribution in [3.63, 3.8) is 0 Å². The molecule has 17 heavy (non-hydrogen) atoms. The van der Waals surface area contributed by atoms with Gasteiger partial charge in [-0.1, -0.05) is 13.8 Å². The van der Waals surface area contributed by atoms with Crippen molar-refractivity contribution in [3.05, 3.63) is 0 Å². The van der Waals surface area contributed by atoms with Gasteiger partial charge in [-0.15, -0.1) is 0 Å². The Balaban J connectivity index is 3.90. The number of carbonyl (C=O) groups excluding carboxylic acids is 1. The van der Waals surface area contributed by atoms with Gasteiger partial charge >= 0.3 is 6.18 Å². The molecule has 0 aliphatic heterocycles. The zero-order chi connectivity index (χ0) is 13.5. The lowest BCUT2D eigenvalue weighted by Crippen LogP contribution is -2.46. The summed E-state index contributed by atoms with van der Waals surface area (Å²) in [6.45, 7) is 2.60. The van der Waals surface area contributed by atoms with Gasteiger partial charge < -0.3 is 15.4 Å². The fourth-order valence-corrected chi connectivity index (χ4v) is 1.16. The van der Waals surface area contributed by atoms with Crippen molar-refractivity contribution < 1.29 is 22.7 Å². The van der Waals surface area contributed by atoms with E-state index in [1.165, 1.54) is 7.11 Å². The number of rotatable bonds is 7. The van der Waals surface area contributed by atoms with Crippen LogP contribution in [0.4, 0.5) is 13.2 Å². The van der Waals surface area contributed by atoms with Crippen molar-refractivity contribution >= 4 is 5.91 Å². The fraction of sp³-hybridized carbons (Fsp3) is 0.900. The highest BCUT2D eigenvalue weighted by molar-refractivity contribution is 5.78. The molecule has 0 aromatic heterocycles. The molecule has 2 N–H and O–H groups in total. The summed E-state index contributed by atoms with van der Waals surface area (Å²) in [6.07, 6.45) is -4.30. The maximum absolute atomic E-state index is 11.8. The number of hydrogen-bond donors (Lipinski definition) is 2. The van der Waals surface area contributed by atoms with E-state index in [0.29, 0.717) is 6.61 Å². The second-order valence-corrected chi connectivity index (χ2v) is 4.09. The third-order valence-electron chi connectivity index (χ3n) is 2.11. The monoisotopic (exact) mass is 256 g/mol. The van der Waals surface area contributed by atoms with Crippen LogP contribution in [0.3, 0.4) is 0 Å². The molecule has 0 rings (SSSR count). The topological polar surface area (TPSA) is 50.4 Å². The first kappa shape index (κ1) is 16.2. The van der Waals surface area contributed by atoms with Gasteiger partial charge in [-0.05, 0) is 5.92 Å². The zero-order valence-electron chi connectivity index (χ0n) is 10.2. The molecule has 0 aromatic rings. The maximum Gasteiger partial charge on any atom is 0.401 e. The first-order chi connectivity index (χ1) is 7.76. The van der Waals surface area contributed by atoms with Crippen LogP contribution in [0.1, 0.15) is 13.8 Å². The summed E-state index contributed by atoms with van der Waals surface area (Å²) in [6, 6.07) is -0.194. The summed E-state index contributed by atoms with van der Waals surface area (Å²) >= 11 is 0. The van der Waals surface area contributed by atoms with E-state index in [1.54, 1.807) is 0 Å². The van der Waals surface area contributed by atoms with Gasteiger partial charge in [0.25, 0.3) is 0 Å². The predicted molar refractivity (Wildman–Crippen MR) is 57.6 cm³/mol. The average Bonchev–Trinajstić information content (AvgIpc) is 2.14. The Morgan fingerprint density at radius 3 is 2.35 bits per heavy atom. The van der Waals surface area contributed by atoms with Crippen molar-refractivity contribution in [2.75, 3.05) is 26.8 Å². The van der Waals surface area contributed by atoms with E-state index in [2.05, 4.69) is 5.32 Å². The normalized spacial score (nSPS) is 13.8. The Morgan fingerprint density at radius 1 is 1.35 bits per heavy atom. The minimum Gasteiger partial charge on any atom is -0.383 e. The molecule has 0 radical (unpaired) electrons. The van der Waals surface area contributed by atoms with Crippen molar-refractivity contribution in [2.24, 2.45) is 5.92 Å². The number of carbonyl (C=O) groups is 1. The smallest absolute Gasteiger partial charge is 0.383 e. The van der Waals surface area contributed by atoms with Crippen LogP contribution >= 0.6 is 0 Å². The van der Waals surface area contributed by atoms with E-state index in [-0.39, 0.29) is 18.5 Å². The van der Waals surface area contributed by atoms with Crippen molar-refractivity contribution in [3.8, 4) is 0 Å². The Kier molecular flexibility index (Phi) is 7.13. The summed E-state index contributed by atoms with van der Waals surface area (Å²) in [4.78, 5) is 11.3. The molecular formula is C10H19F3N2O2. The molecule has 0 saturated carbocycles. The molecule has 1 atom stereocenters. The van der Waals surface area contributed by atoms with Gasteiger partial charge in [0.2, 0.25) is 5.91 Å². The molecular weight excluding hydrogens is 237 g/mol. The molecule has 1 amide bonds. The summed E-state index contributed by atoms with van der Waals surface area (Å²) in [5.74, 6) is -0.313. The van der Waals surface area contributed by atoms with Crippen LogP contribution in [0.15, 0.2) is 0 Å². The van der Waals surface area contributed by atoms with Crippen molar-refractivity contribution in [1.82, 2.24) is 10.6 Å². The Bertz CT molecular complexity index is 232. The van der Waals surface area contributed by atoms with E-state index in [4.69, 9.17) is 4.74 Å². The van der Waals surface area contributed by atoms with E-state index >= 15 is 0 Å². The molecule has 1 unspecified atom stereocenters. The number of ether oxygens (including phenoxy) is 1. The number of halogens is 3. The highest BCUT2D eigenvalue weighted by Crippen LogP contribution is 2.11. The van der Waals surface area contributed by atoms with Gasteiger partial charge in [0.1, 0.15) is 0 Å². The Hall–Kier alpha value is -0.820. The first-order valence-electron chi connectivity index (χ1n) is 5.32.